The molecular formula is C12H13NO3. The first-order valence-electron chi connectivity index (χ1n) is 5.05. The third-order valence-corrected chi connectivity index (χ3v) is 2.53. The van der Waals surface area contributed by atoms with Crippen LogP contribution in [0.3, 0.4) is 0 Å². The molecule has 4 heteroatoms. The second-order valence-corrected chi connectivity index (χ2v) is 3.61. The van der Waals surface area contributed by atoms with Gasteiger partial charge in [-0.15, -0.1) is 0 Å². The highest BCUT2D eigenvalue weighted by Crippen LogP contribution is 2.31. The second kappa shape index (κ2) is 4.37. The minimum absolute atomic E-state index is 0.180. The van der Waals surface area contributed by atoms with Gasteiger partial charge in [0.25, 0.3) is 0 Å². The molecule has 1 amide bonds. The molecule has 0 bridgehead atoms. The van der Waals surface area contributed by atoms with Gasteiger partial charge in [-0.1, -0.05) is 24.8 Å². The molecule has 0 spiro atoms. The van der Waals surface area contributed by atoms with Crippen molar-refractivity contribution in [3.8, 4) is 5.75 Å². The monoisotopic (exact) mass is 219 g/mol. The number of carbonyl (C=O) groups is 1. The van der Waals surface area contributed by atoms with Crippen molar-refractivity contribution in [3.05, 3.63) is 42.5 Å². The molecule has 16 heavy (non-hydrogen) atoms. The Labute approximate surface area is 93.5 Å². The fourth-order valence-electron chi connectivity index (χ4n) is 1.73. The molecule has 1 aliphatic heterocycles. The topological polar surface area (TPSA) is 58.6 Å². The van der Waals surface area contributed by atoms with Gasteiger partial charge in [0.15, 0.2) is 0 Å². The van der Waals surface area contributed by atoms with Crippen LogP contribution < -0.4 is 10.1 Å². The van der Waals surface area contributed by atoms with Crippen LogP contribution in [0.4, 0.5) is 0 Å². The summed E-state index contributed by atoms with van der Waals surface area (Å²) in [7, 11) is 0. The second-order valence-electron chi connectivity index (χ2n) is 3.61. The van der Waals surface area contributed by atoms with Gasteiger partial charge in [0.1, 0.15) is 18.5 Å². The summed E-state index contributed by atoms with van der Waals surface area (Å²) in [5.41, 5.74) is 0.788. The Morgan fingerprint density at radius 3 is 3.06 bits per heavy atom. The van der Waals surface area contributed by atoms with Crippen molar-refractivity contribution in [1.82, 2.24) is 5.32 Å². The van der Waals surface area contributed by atoms with E-state index in [1.54, 1.807) is 0 Å². The van der Waals surface area contributed by atoms with Crippen molar-refractivity contribution in [2.45, 2.75) is 12.1 Å². The Kier molecular flexibility index (Phi) is 2.92. The van der Waals surface area contributed by atoms with E-state index in [0.717, 1.165) is 5.56 Å². The van der Waals surface area contributed by atoms with Crippen molar-refractivity contribution in [3.63, 3.8) is 0 Å². The number of hydrogen-bond acceptors (Lipinski definition) is 3. The standard InChI is InChI=1S/C12H13NO3/c1-2-11(15)13-12-8-5-3-4-6-10(8)16-7-9(12)14/h2-6,9,12,14H,1,7H2,(H,13,15)/t9-,12+/m1/s1. The summed E-state index contributed by atoms with van der Waals surface area (Å²) < 4.78 is 5.35. The maximum absolute atomic E-state index is 11.3. The predicted molar refractivity (Wildman–Crippen MR) is 59.0 cm³/mol. The number of para-hydroxylation sites is 1. The smallest absolute Gasteiger partial charge is 0.243 e. The quantitative estimate of drug-likeness (QED) is 0.723. The lowest BCUT2D eigenvalue weighted by Gasteiger charge is -2.30. The van der Waals surface area contributed by atoms with Gasteiger partial charge in [-0.3, -0.25) is 4.79 Å². The maximum Gasteiger partial charge on any atom is 0.243 e. The molecule has 0 radical (unpaired) electrons. The summed E-state index contributed by atoms with van der Waals surface area (Å²) in [6, 6.07) is 6.89. The third-order valence-electron chi connectivity index (χ3n) is 2.53. The maximum atomic E-state index is 11.3. The molecule has 4 nitrogen and oxygen atoms in total. The van der Waals surface area contributed by atoms with E-state index in [-0.39, 0.29) is 12.5 Å². The van der Waals surface area contributed by atoms with E-state index in [0.29, 0.717) is 5.75 Å². The minimum atomic E-state index is -0.737. The molecule has 1 aromatic carbocycles. The largest absolute Gasteiger partial charge is 0.490 e. The zero-order valence-electron chi connectivity index (χ0n) is 8.72. The molecule has 0 fully saturated rings. The zero-order valence-corrected chi connectivity index (χ0v) is 8.72. The van der Waals surface area contributed by atoms with Crippen LogP contribution in [0.15, 0.2) is 36.9 Å². The molecule has 84 valence electrons. The number of aliphatic hydroxyl groups excluding tert-OH is 1. The summed E-state index contributed by atoms with van der Waals surface area (Å²) in [5, 5.41) is 12.5. The van der Waals surface area contributed by atoms with Gasteiger partial charge in [0.05, 0.1) is 6.04 Å². The molecule has 0 saturated heterocycles. The molecule has 1 aromatic rings. The van der Waals surface area contributed by atoms with Crippen molar-refractivity contribution >= 4 is 5.91 Å². The Morgan fingerprint density at radius 1 is 1.56 bits per heavy atom. The highest BCUT2D eigenvalue weighted by Gasteiger charge is 2.29. The summed E-state index contributed by atoms with van der Waals surface area (Å²) in [6.45, 7) is 3.56. The molecular weight excluding hydrogens is 206 g/mol. The molecule has 2 rings (SSSR count). The average molecular weight is 219 g/mol. The lowest BCUT2D eigenvalue weighted by molar-refractivity contribution is -0.118. The summed E-state index contributed by atoms with van der Waals surface area (Å²) in [6.07, 6.45) is 0.448. The number of carbonyl (C=O) groups excluding carboxylic acids is 1. The molecule has 1 aliphatic rings. The number of aliphatic hydroxyl groups is 1. The van der Waals surface area contributed by atoms with E-state index < -0.39 is 12.1 Å². The highest BCUT2D eigenvalue weighted by atomic mass is 16.5. The van der Waals surface area contributed by atoms with Crippen LogP contribution >= 0.6 is 0 Å². The Bertz CT molecular complexity index is 416. The van der Waals surface area contributed by atoms with Gasteiger partial charge >= 0.3 is 0 Å². The van der Waals surface area contributed by atoms with Crippen LogP contribution in [-0.4, -0.2) is 23.7 Å². The van der Waals surface area contributed by atoms with E-state index in [4.69, 9.17) is 4.74 Å². The minimum Gasteiger partial charge on any atom is -0.490 e. The SMILES string of the molecule is C=CC(=O)N[C@H]1c2ccccc2OC[C@H]1O. The fourth-order valence-corrected chi connectivity index (χ4v) is 1.73. The van der Waals surface area contributed by atoms with E-state index in [1.165, 1.54) is 6.08 Å². The Balaban J connectivity index is 2.29. The van der Waals surface area contributed by atoms with Crippen LogP contribution in [-0.2, 0) is 4.79 Å². The van der Waals surface area contributed by atoms with E-state index in [2.05, 4.69) is 11.9 Å². The van der Waals surface area contributed by atoms with Gasteiger partial charge in [0, 0.05) is 5.56 Å². The molecule has 2 N–H and O–H groups in total. The van der Waals surface area contributed by atoms with E-state index >= 15 is 0 Å². The first-order valence-corrected chi connectivity index (χ1v) is 5.05. The molecule has 2 atom stereocenters. The van der Waals surface area contributed by atoms with Crippen LogP contribution in [0.5, 0.6) is 5.75 Å². The average Bonchev–Trinajstić information content (AvgIpc) is 2.32. The number of amides is 1. The molecule has 0 unspecified atom stereocenters. The third kappa shape index (κ3) is 1.92. The molecule has 0 saturated carbocycles. The normalized spacial score (nSPS) is 22.8. The van der Waals surface area contributed by atoms with Crippen LogP contribution in [0, 0.1) is 0 Å². The molecule has 0 aromatic heterocycles. The van der Waals surface area contributed by atoms with Gasteiger partial charge < -0.3 is 15.2 Å². The van der Waals surface area contributed by atoms with Gasteiger partial charge in [-0.05, 0) is 12.1 Å². The highest BCUT2D eigenvalue weighted by molar-refractivity contribution is 5.87. The summed E-state index contributed by atoms with van der Waals surface area (Å²) >= 11 is 0. The van der Waals surface area contributed by atoms with Gasteiger partial charge in [-0.25, -0.2) is 0 Å². The van der Waals surface area contributed by atoms with Gasteiger partial charge in [0.2, 0.25) is 5.91 Å². The van der Waals surface area contributed by atoms with Crippen LogP contribution in [0.25, 0.3) is 0 Å². The van der Waals surface area contributed by atoms with Crippen molar-refractivity contribution in [2.75, 3.05) is 6.61 Å². The van der Waals surface area contributed by atoms with Crippen LogP contribution in [0.1, 0.15) is 11.6 Å². The number of rotatable bonds is 2. The fraction of sp³-hybridized carbons (Fsp3) is 0.250. The predicted octanol–water partition coefficient (Wildman–Crippen LogP) is 0.783. The molecule has 0 aliphatic carbocycles. The van der Waals surface area contributed by atoms with Crippen molar-refractivity contribution in [2.24, 2.45) is 0 Å². The van der Waals surface area contributed by atoms with Crippen LogP contribution in [0.2, 0.25) is 0 Å². The van der Waals surface area contributed by atoms with Crippen molar-refractivity contribution in [1.29, 1.82) is 0 Å². The number of hydrogen-bond donors (Lipinski definition) is 2. The Hall–Kier alpha value is -1.81. The lowest BCUT2D eigenvalue weighted by atomic mass is 9.98. The van der Waals surface area contributed by atoms with Gasteiger partial charge in [-0.2, -0.15) is 0 Å². The van der Waals surface area contributed by atoms with Crippen molar-refractivity contribution < 1.29 is 14.6 Å². The van der Waals surface area contributed by atoms with E-state index in [1.807, 2.05) is 24.3 Å². The first kappa shape index (κ1) is 10.7. The molecule has 1 heterocycles. The summed E-state index contributed by atoms with van der Waals surface area (Å²) in [4.78, 5) is 11.3. The Morgan fingerprint density at radius 2 is 2.31 bits per heavy atom. The van der Waals surface area contributed by atoms with E-state index in [9.17, 15) is 9.90 Å². The number of ether oxygens (including phenoxy) is 1. The number of benzene rings is 1. The lowest BCUT2D eigenvalue weighted by Crippen LogP contribution is -2.41. The first-order chi connectivity index (χ1) is 7.72. The number of fused-ring (bicyclic) bond motifs is 1. The number of nitrogens with one attached hydrogen (secondary N) is 1. The summed E-state index contributed by atoms with van der Waals surface area (Å²) in [5.74, 6) is 0.392. The zero-order chi connectivity index (χ0) is 11.5.